The van der Waals surface area contributed by atoms with Gasteiger partial charge in [0.15, 0.2) is 12.4 Å². The lowest BCUT2D eigenvalue weighted by Crippen LogP contribution is -2.27. The average molecular weight is 441 g/mol. The minimum atomic E-state index is -0.245. The van der Waals surface area contributed by atoms with Gasteiger partial charge < -0.3 is 19.7 Å². The van der Waals surface area contributed by atoms with Gasteiger partial charge in [-0.3, -0.25) is 14.4 Å². The van der Waals surface area contributed by atoms with E-state index in [0.717, 1.165) is 25.0 Å². The van der Waals surface area contributed by atoms with Crippen molar-refractivity contribution in [1.82, 2.24) is 4.90 Å². The first kappa shape index (κ1) is 24.9. The van der Waals surface area contributed by atoms with Crippen molar-refractivity contribution in [2.75, 3.05) is 32.6 Å². The molecule has 0 heterocycles. The van der Waals surface area contributed by atoms with E-state index >= 15 is 0 Å². The highest BCUT2D eigenvalue weighted by atomic mass is 16.5. The molecule has 0 aromatic heterocycles. The van der Waals surface area contributed by atoms with Crippen molar-refractivity contribution in [2.45, 2.75) is 39.0 Å². The third-order valence-corrected chi connectivity index (χ3v) is 4.77. The summed E-state index contributed by atoms with van der Waals surface area (Å²) < 4.78 is 11.1. The van der Waals surface area contributed by atoms with Gasteiger partial charge in [0.25, 0.3) is 5.91 Å². The normalized spacial score (nSPS) is 10.3. The number of unbranched alkanes of at least 4 members (excludes halogenated alkanes) is 2. The molecule has 1 N–H and O–H groups in total. The largest absolute Gasteiger partial charge is 0.494 e. The van der Waals surface area contributed by atoms with Crippen molar-refractivity contribution in [3.8, 4) is 11.5 Å². The van der Waals surface area contributed by atoms with Crippen molar-refractivity contribution in [3.63, 3.8) is 0 Å². The molecule has 0 atom stereocenters. The first-order valence-electron chi connectivity index (χ1n) is 10.9. The topological polar surface area (TPSA) is 84.9 Å². The van der Waals surface area contributed by atoms with Crippen molar-refractivity contribution in [2.24, 2.45) is 0 Å². The predicted molar refractivity (Wildman–Crippen MR) is 124 cm³/mol. The van der Waals surface area contributed by atoms with Gasteiger partial charge in [0.1, 0.15) is 11.5 Å². The molecule has 2 aromatic rings. The molecule has 0 unspecified atom stereocenters. The molecule has 7 nitrogen and oxygen atoms in total. The third-order valence-electron chi connectivity index (χ3n) is 4.77. The van der Waals surface area contributed by atoms with Gasteiger partial charge in [0, 0.05) is 38.2 Å². The lowest BCUT2D eigenvalue weighted by atomic mass is 10.1. The maximum absolute atomic E-state index is 12.4. The molecule has 0 saturated carbocycles. The maximum Gasteiger partial charge on any atom is 0.259 e. The van der Waals surface area contributed by atoms with E-state index in [4.69, 9.17) is 9.47 Å². The molecule has 172 valence electrons. The summed E-state index contributed by atoms with van der Waals surface area (Å²) >= 11 is 0. The Morgan fingerprint density at radius 1 is 0.844 bits per heavy atom. The summed E-state index contributed by atoms with van der Waals surface area (Å²) in [6.07, 6.45) is 3.50. The van der Waals surface area contributed by atoms with Gasteiger partial charge in [0.2, 0.25) is 5.91 Å². The Morgan fingerprint density at radius 3 is 2.09 bits per heavy atom. The molecule has 0 aliphatic carbocycles. The highest BCUT2D eigenvalue weighted by Crippen LogP contribution is 2.17. The number of Topliss-reactive ketones (excluding diaryl/α,β-unsaturated/α-hetero) is 1. The van der Waals surface area contributed by atoms with E-state index in [2.05, 4.69) is 12.2 Å². The van der Waals surface area contributed by atoms with Gasteiger partial charge in [0.05, 0.1) is 6.61 Å². The van der Waals surface area contributed by atoms with E-state index in [9.17, 15) is 14.4 Å². The number of carbonyl (C=O) groups is 3. The molecule has 2 amide bonds. The summed E-state index contributed by atoms with van der Waals surface area (Å²) in [4.78, 5) is 37.5. The average Bonchev–Trinajstić information content (AvgIpc) is 2.80. The number of hydrogen-bond acceptors (Lipinski definition) is 5. The molecule has 7 heteroatoms. The minimum absolute atomic E-state index is 0.0488. The van der Waals surface area contributed by atoms with Crippen LogP contribution in [0, 0.1) is 0 Å². The highest BCUT2D eigenvalue weighted by Gasteiger charge is 2.10. The fourth-order valence-electron chi connectivity index (χ4n) is 2.78. The number of benzene rings is 2. The number of carbonyl (C=O) groups excluding carboxylic acids is 3. The summed E-state index contributed by atoms with van der Waals surface area (Å²) in [6.45, 7) is 2.76. The van der Waals surface area contributed by atoms with E-state index < -0.39 is 0 Å². The van der Waals surface area contributed by atoms with Crippen LogP contribution < -0.4 is 14.8 Å². The summed E-state index contributed by atoms with van der Waals surface area (Å²) in [6, 6.07) is 13.8. The van der Waals surface area contributed by atoms with Crippen LogP contribution >= 0.6 is 0 Å². The van der Waals surface area contributed by atoms with Crippen molar-refractivity contribution < 1.29 is 23.9 Å². The molecule has 0 aliphatic rings. The van der Waals surface area contributed by atoms with E-state index in [1.165, 1.54) is 4.90 Å². The first-order valence-corrected chi connectivity index (χ1v) is 10.9. The molecular weight excluding hydrogens is 408 g/mol. The Hall–Kier alpha value is -3.35. The van der Waals surface area contributed by atoms with Gasteiger partial charge in [-0.05, 0) is 55.0 Å². The molecule has 2 aromatic carbocycles. The molecule has 0 spiro atoms. The van der Waals surface area contributed by atoms with Gasteiger partial charge in [-0.2, -0.15) is 0 Å². The van der Waals surface area contributed by atoms with Crippen LogP contribution in [-0.2, 0) is 9.59 Å². The van der Waals surface area contributed by atoms with Gasteiger partial charge in [-0.1, -0.05) is 19.8 Å². The number of anilines is 1. The van der Waals surface area contributed by atoms with Crippen molar-refractivity contribution in [1.29, 1.82) is 0 Å². The zero-order chi connectivity index (χ0) is 23.3. The predicted octanol–water partition coefficient (Wildman–Crippen LogP) is 4.32. The number of nitrogens with zero attached hydrogens (tertiary/aromatic N) is 1. The number of amides is 2. The van der Waals surface area contributed by atoms with Crippen LogP contribution in [0.1, 0.15) is 49.4 Å². The van der Waals surface area contributed by atoms with Crippen molar-refractivity contribution in [3.05, 3.63) is 54.1 Å². The van der Waals surface area contributed by atoms with Crippen LogP contribution in [0.25, 0.3) is 0 Å². The summed E-state index contributed by atoms with van der Waals surface area (Å²) in [7, 11) is 3.32. The quantitative estimate of drug-likeness (QED) is 0.370. The second-order valence-corrected chi connectivity index (χ2v) is 7.65. The smallest absolute Gasteiger partial charge is 0.259 e. The molecule has 0 bridgehead atoms. The van der Waals surface area contributed by atoms with Crippen LogP contribution in [0.5, 0.6) is 11.5 Å². The Labute approximate surface area is 189 Å². The Morgan fingerprint density at radius 2 is 1.47 bits per heavy atom. The lowest BCUT2D eigenvalue weighted by Gasteiger charge is -2.11. The van der Waals surface area contributed by atoms with Gasteiger partial charge >= 0.3 is 0 Å². The second kappa shape index (κ2) is 13.1. The second-order valence-electron chi connectivity index (χ2n) is 7.65. The molecule has 2 rings (SSSR count). The van der Waals surface area contributed by atoms with Crippen LogP contribution in [-0.4, -0.2) is 49.8 Å². The lowest BCUT2D eigenvalue weighted by molar-refractivity contribution is -0.130. The summed E-state index contributed by atoms with van der Waals surface area (Å²) in [5.41, 5.74) is 1.16. The Kier molecular flexibility index (Phi) is 10.2. The minimum Gasteiger partial charge on any atom is -0.494 e. The number of ketones is 1. The molecule has 0 aliphatic heterocycles. The monoisotopic (exact) mass is 440 g/mol. The Bertz CT molecular complexity index is 876. The highest BCUT2D eigenvalue weighted by molar-refractivity contribution is 6.00. The van der Waals surface area contributed by atoms with Crippen LogP contribution in [0.15, 0.2) is 48.5 Å². The summed E-state index contributed by atoms with van der Waals surface area (Å²) in [5.74, 6) is 0.805. The summed E-state index contributed by atoms with van der Waals surface area (Å²) in [5, 5.41) is 2.76. The zero-order valence-electron chi connectivity index (χ0n) is 19.1. The Balaban J connectivity index is 1.74. The number of likely N-dealkylation sites (N-methyl/N-ethyl adjacent to an activating group) is 1. The molecule has 0 radical (unpaired) electrons. The molecular formula is C25H32N2O5. The van der Waals surface area contributed by atoms with Crippen LogP contribution in [0.4, 0.5) is 5.69 Å². The number of rotatable bonds is 13. The van der Waals surface area contributed by atoms with E-state index in [0.29, 0.717) is 23.6 Å². The maximum atomic E-state index is 12.4. The standard InChI is InChI=1S/C25H32N2O5/c1-4-5-6-17-31-21-11-7-19(8-12-21)23(28)15-16-24(29)26-20-9-13-22(14-10-20)32-18-25(30)27(2)3/h7-14H,4-6,15-18H2,1-3H3,(H,26,29). The van der Waals surface area contributed by atoms with E-state index in [1.54, 1.807) is 62.6 Å². The van der Waals surface area contributed by atoms with Crippen molar-refractivity contribution >= 4 is 23.3 Å². The molecule has 0 fully saturated rings. The van der Waals surface area contributed by atoms with E-state index in [1.807, 2.05) is 0 Å². The zero-order valence-corrected chi connectivity index (χ0v) is 19.1. The SMILES string of the molecule is CCCCCOc1ccc(C(=O)CCC(=O)Nc2ccc(OCC(=O)N(C)C)cc2)cc1. The number of ether oxygens (including phenoxy) is 2. The fraction of sp³-hybridized carbons (Fsp3) is 0.400. The van der Waals surface area contributed by atoms with Gasteiger partial charge in [-0.15, -0.1) is 0 Å². The van der Waals surface area contributed by atoms with E-state index in [-0.39, 0.29) is 37.0 Å². The molecule has 0 saturated heterocycles. The van der Waals surface area contributed by atoms with Gasteiger partial charge in [-0.25, -0.2) is 0 Å². The van der Waals surface area contributed by atoms with Crippen LogP contribution in [0.2, 0.25) is 0 Å². The fourth-order valence-corrected chi connectivity index (χ4v) is 2.78. The molecule has 32 heavy (non-hydrogen) atoms. The first-order chi connectivity index (χ1) is 15.4. The number of nitrogens with one attached hydrogen (secondary N) is 1. The number of hydrogen-bond donors (Lipinski definition) is 1. The van der Waals surface area contributed by atoms with Crippen LogP contribution in [0.3, 0.4) is 0 Å². The third kappa shape index (κ3) is 8.79.